The number of nitrogens with zero attached hydrogens (tertiary/aromatic N) is 4. The Morgan fingerprint density at radius 3 is 1.31 bits per heavy atom. The lowest BCUT2D eigenvalue weighted by atomic mass is 10.1. The SMILES string of the molecule is C(=N\OCc1ccc2ccccc2c1)/c1cc[n+](CCC[n+]2ccc(/C=N/OCc3ccc4ccccc4c3)cc2)cc1.[Br-].[Br-]. The fourth-order valence-electron chi connectivity index (χ4n) is 4.92. The van der Waals surface area contributed by atoms with Gasteiger partial charge in [0.15, 0.2) is 37.9 Å². The number of pyridine rings is 2. The third-order valence-corrected chi connectivity index (χ3v) is 7.31. The summed E-state index contributed by atoms with van der Waals surface area (Å²) in [5.41, 5.74) is 4.21. The number of halogens is 2. The largest absolute Gasteiger partial charge is 1.00 e. The quantitative estimate of drug-likeness (QED) is 0.106. The van der Waals surface area contributed by atoms with Crippen LogP contribution in [-0.4, -0.2) is 12.4 Å². The van der Waals surface area contributed by atoms with E-state index in [1.165, 1.54) is 21.5 Å². The van der Waals surface area contributed by atoms with Gasteiger partial charge in [-0.1, -0.05) is 83.1 Å². The van der Waals surface area contributed by atoms with Crippen LogP contribution in [0, 0.1) is 0 Å². The Bertz CT molecular complexity index is 1720. The Morgan fingerprint density at radius 2 is 0.889 bits per heavy atom. The lowest BCUT2D eigenvalue weighted by Gasteiger charge is -2.02. The minimum Gasteiger partial charge on any atom is -1.00 e. The molecule has 0 aliphatic carbocycles. The first-order valence-electron chi connectivity index (χ1n) is 14.5. The Balaban J connectivity index is 0.00000230. The maximum Gasteiger partial charge on any atom is 0.169 e. The average molecular weight is 727 g/mol. The summed E-state index contributed by atoms with van der Waals surface area (Å²) in [4.78, 5) is 11.1. The van der Waals surface area contributed by atoms with E-state index >= 15 is 0 Å². The van der Waals surface area contributed by atoms with Gasteiger partial charge in [0.05, 0.1) is 18.9 Å². The maximum atomic E-state index is 5.53. The van der Waals surface area contributed by atoms with Crippen molar-refractivity contribution in [3.8, 4) is 0 Å². The molecule has 45 heavy (non-hydrogen) atoms. The van der Waals surface area contributed by atoms with E-state index in [0.29, 0.717) is 13.2 Å². The first-order chi connectivity index (χ1) is 21.3. The first kappa shape index (κ1) is 33.5. The van der Waals surface area contributed by atoms with E-state index in [-0.39, 0.29) is 34.0 Å². The second-order valence-electron chi connectivity index (χ2n) is 10.5. The fourth-order valence-corrected chi connectivity index (χ4v) is 4.92. The van der Waals surface area contributed by atoms with Gasteiger partial charge >= 0.3 is 0 Å². The lowest BCUT2D eigenvalue weighted by molar-refractivity contribution is -0.726. The van der Waals surface area contributed by atoms with Crippen LogP contribution in [0.1, 0.15) is 28.7 Å². The van der Waals surface area contributed by atoms with E-state index in [1.54, 1.807) is 12.4 Å². The summed E-state index contributed by atoms with van der Waals surface area (Å²) in [5, 5.41) is 13.2. The van der Waals surface area contributed by atoms with Crippen LogP contribution in [0.3, 0.4) is 0 Å². The monoisotopic (exact) mass is 724 g/mol. The number of fused-ring (bicyclic) bond motifs is 2. The molecule has 8 heteroatoms. The predicted octanol–water partition coefficient (Wildman–Crippen LogP) is 0.768. The molecule has 0 fully saturated rings. The van der Waals surface area contributed by atoms with E-state index in [0.717, 1.165) is 41.8 Å². The van der Waals surface area contributed by atoms with E-state index in [9.17, 15) is 0 Å². The molecular weight excluding hydrogens is 692 g/mol. The molecule has 228 valence electrons. The van der Waals surface area contributed by atoms with Crippen molar-refractivity contribution in [2.45, 2.75) is 32.7 Å². The van der Waals surface area contributed by atoms with Gasteiger partial charge in [0, 0.05) is 35.4 Å². The molecule has 0 aliphatic rings. The third-order valence-electron chi connectivity index (χ3n) is 7.31. The van der Waals surface area contributed by atoms with Gasteiger partial charge in [-0.3, -0.25) is 0 Å². The van der Waals surface area contributed by atoms with E-state index in [4.69, 9.17) is 9.68 Å². The lowest BCUT2D eigenvalue weighted by Crippen LogP contribution is -3.00. The third kappa shape index (κ3) is 9.80. The number of hydrogen-bond donors (Lipinski definition) is 0. The van der Waals surface area contributed by atoms with Crippen LogP contribution in [-0.2, 0) is 36.0 Å². The molecule has 0 spiro atoms. The summed E-state index contributed by atoms with van der Waals surface area (Å²) in [5.74, 6) is 0. The van der Waals surface area contributed by atoms with Gasteiger partial charge in [-0.05, 0) is 44.8 Å². The molecule has 2 heterocycles. The molecule has 6 aromatic rings. The van der Waals surface area contributed by atoms with Crippen molar-refractivity contribution >= 4 is 34.0 Å². The highest BCUT2D eigenvalue weighted by atomic mass is 79.9. The number of benzene rings is 4. The molecular formula is C37H34Br2N4O2. The number of rotatable bonds is 12. The highest BCUT2D eigenvalue weighted by Gasteiger charge is 2.05. The van der Waals surface area contributed by atoms with Crippen LogP contribution in [0.15, 0.2) is 144 Å². The van der Waals surface area contributed by atoms with Gasteiger partial charge in [-0.25, -0.2) is 9.13 Å². The molecule has 0 atom stereocenters. The number of aryl methyl sites for hydroxylation is 2. The first-order valence-corrected chi connectivity index (χ1v) is 14.5. The van der Waals surface area contributed by atoms with Gasteiger partial charge < -0.3 is 43.6 Å². The van der Waals surface area contributed by atoms with Crippen LogP contribution in [0.2, 0.25) is 0 Å². The Hall–Kier alpha value is -4.40. The van der Waals surface area contributed by atoms with Crippen molar-refractivity contribution in [2.75, 3.05) is 0 Å². The van der Waals surface area contributed by atoms with Crippen molar-refractivity contribution in [3.05, 3.63) is 156 Å². The Labute approximate surface area is 284 Å². The van der Waals surface area contributed by atoms with Crippen LogP contribution < -0.4 is 43.1 Å². The van der Waals surface area contributed by atoms with E-state index < -0.39 is 0 Å². The van der Waals surface area contributed by atoms with E-state index in [2.05, 4.69) is 105 Å². The van der Waals surface area contributed by atoms with Crippen molar-refractivity contribution in [1.29, 1.82) is 0 Å². The molecule has 0 amide bonds. The maximum absolute atomic E-state index is 5.53. The zero-order valence-corrected chi connectivity index (χ0v) is 27.9. The second-order valence-corrected chi connectivity index (χ2v) is 10.5. The molecule has 0 radical (unpaired) electrons. The topological polar surface area (TPSA) is 50.9 Å². The van der Waals surface area contributed by atoms with Crippen molar-refractivity contribution < 1.29 is 52.8 Å². The van der Waals surface area contributed by atoms with Gasteiger partial charge in [0.25, 0.3) is 0 Å². The summed E-state index contributed by atoms with van der Waals surface area (Å²) in [6, 6.07) is 37.5. The van der Waals surface area contributed by atoms with Crippen molar-refractivity contribution in [3.63, 3.8) is 0 Å². The number of oxime groups is 2. The van der Waals surface area contributed by atoms with Crippen LogP contribution in [0.4, 0.5) is 0 Å². The highest BCUT2D eigenvalue weighted by Crippen LogP contribution is 2.17. The van der Waals surface area contributed by atoms with Crippen LogP contribution in [0.5, 0.6) is 0 Å². The Morgan fingerprint density at radius 1 is 0.489 bits per heavy atom. The summed E-state index contributed by atoms with van der Waals surface area (Å²) < 4.78 is 4.36. The molecule has 6 rings (SSSR count). The van der Waals surface area contributed by atoms with Crippen LogP contribution >= 0.6 is 0 Å². The fraction of sp³-hybridized carbons (Fsp3) is 0.135. The normalized spacial score (nSPS) is 11.0. The molecule has 0 aliphatic heterocycles. The molecule has 0 N–H and O–H groups in total. The zero-order chi connectivity index (χ0) is 29.1. The summed E-state index contributed by atoms with van der Waals surface area (Å²) in [6.45, 7) is 2.74. The van der Waals surface area contributed by atoms with Crippen molar-refractivity contribution in [2.24, 2.45) is 10.3 Å². The standard InChI is InChI=1S/C37H34N4O2.2BrH/c1-3-8-36-24-32(10-12-34(36)6-1)28-42-38-26-30-14-20-40(21-15-30)18-5-19-41-22-16-31(17-23-41)27-39-43-29-33-11-13-35-7-2-4-9-37(35)25-33;;/h1-4,6-17,20-27H,5,18-19,28-29H2;2*1H/q+2;;/p-2/b38-26+,39-27+;;. The van der Waals surface area contributed by atoms with Crippen LogP contribution in [0.25, 0.3) is 21.5 Å². The van der Waals surface area contributed by atoms with Crippen molar-refractivity contribution in [1.82, 2.24) is 0 Å². The van der Waals surface area contributed by atoms with Gasteiger partial charge in [-0.15, -0.1) is 0 Å². The summed E-state index contributed by atoms with van der Waals surface area (Å²) >= 11 is 0. The molecule has 6 nitrogen and oxygen atoms in total. The summed E-state index contributed by atoms with van der Waals surface area (Å²) in [7, 11) is 0. The molecule has 0 bridgehead atoms. The molecule has 2 aromatic heterocycles. The zero-order valence-electron chi connectivity index (χ0n) is 24.8. The molecule has 4 aromatic carbocycles. The minimum absolute atomic E-state index is 0. The van der Waals surface area contributed by atoms with E-state index in [1.807, 2.05) is 48.5 Å². The molecule has 0 saturated heterocycles. The number of hydrogen-bond acceptors (Lipinski definition) is 4. The molecule has 0 unspecified atom stereocenters. The van der Waals surface area contributed by atoms with Gasteiger partial charge in [-0.2, -0.15) is 0 Å². The average Bonchev–Trinajstić information content (AvgIpc) is 3.06. The minimum atomic E-state index is 0. The molecule has 0 saturated carbocycles. The van der Waals surface area contributed by atoms with Gasteiger partial charge in [0.1, 0.15) is 13.2 Å². The summed E-state index contributed by atoms with van der Waals surface area (Å²) in [6.07, 6.45) is 12.8. The number of aromatic nitrogens is 2. The smallest absolute Gasteiger partial charge is 0.169 e. The highest BCUT2D eigenvalue weighted by molar-refractivity contribution is 5.84. The van der Waals surface area contributed by atoms with Gasteiger partial charge in [0.2, 0.25) is 0 Å². The predicted molar refractivity (Wildman–Crippen MR) is 171 cm³/mol. The second kappa shape index (κ2) is 17.2. The Kier molecular flexibility index (Phi) is 12.8.